The fraction of sp³-hybridized carbons (Fsp3) is 0.857. The zero-order chi connectivity index (χ0) is 15.3. The molecule has 2 amide bonds. The Bertz CT molecular complexity index is 336. The Kier molecular flexibility index (Phi) is 6.42. The van der Waals surface area contributed by atoms with Crippen LogP contribution in [0.2, 0.25) is 0 Å². The molecular weight excluding hydrogens is 256 g/mol. The summed E-state index contributed by atoms with van der Waals surface area (Å²) in [5.74, 6) is 0.545. The predicted molar refractivity (Wildman–Crippen MR) is 79.1 cm³/mol. The van der Waals surface area contributed by atoms with E-state index in [9.17, 15) is 9.59 Å². The maximum atomic E-state index is 12.2. The lowest BCUT2D eigenvalue weighted by molar-refractivity contribution is -0.140. The Morgan fingerprint density at radius 2 is 1.60 bits per heavy atom. The predicted octanol–water partition coefficient (Wildman–Crippen LogP) is -0.408. The molecule has 0 bridgehead atoms. The largest absolute Gasteiger partial charge is 0.338 e. The molecule has 0 aromatic carbocycles. The van der Waals surface area contributed by atoms with Gasteiger partial charge in [0.1, 0.15) is 0 Å². The highest BCUT2D eigenvalue weighted by Crippen LogP contribution is 2.09. The number of rotatable bonds is 5. The minimum Gasteiger partial charge on any atom is -0.338 e. The summed E-state index contributed by atoms with van der Waals surface area (Å²) in [7, 11) is 3.76. The van der Waals surface area contributed by atoms with Crippen LogP contribution in [0.25, 0.3) is 0 Å². The van der Waals surface area contributed by atoms with E-state index in [4.69, 9.17) is 5.73 Å². The highest BCUT2D eigenvalue weighted by atomic mass is 16.2. The standard InChI is InChI=1S/C14H28N4O2/c1-11(2)9-12(15)14(20)18-7-5-17(6-8-18)13(19)10-16(3)4/h11-12H,5-10,15H2,1-4H3. The van der Waals surface area contributed by atoms with Crippen molar-refractivity contribution < 1.29 is 9.59 Å². The number of carbonyl (C=O) groups is 2. The SMILES string of the molecule is CC(C)CC(N)C(=O)N1CCN(C(=O)CN(C)C)CC1. The molecule has 0 spiro atoms. The van der Waals surface area contributed by atoms with Crippen LogP contribution in [0.1, 0.15) is 20.3 Å². The molecule has 1 aliphatic rings. The second-order valence-corrected chi connectivity index (χ2v) is 6.18. The first-order valence-electron chi connectivity index (χ1n) is 7.28. The second kappa shape index (κ2) is 7.59. The van der Waals surface area contributed by atoms with E-state index in [1.165, 1.54) is 0 Å². The summed E-state index contributed by atoms with van der Waals surface area (Å²) in [6, 6.07) is -0.418. The van der Waals surface area contributed by atoms with Gasteiger partial charge < -0.3 is 20.4 Å². The minimum absolute atomic E-state index is 0.0124. The second-order valence-electron chi connectivity index (χ2n) is 6.18. The van der Waals surface area contributed by atoms with Crippen LogP contribution in [0.15, 0.2) is 0 Å². The van der Waals surface area contributed by atoms with E-state index < -0.39 is 6.04 Å². The van der Waals surface area contributed by atoms with Crippen LogP contribution in [0.3, 0.4) is 0 Å². The van der Waals surface area contributed by atoms with Gasteiger partial charge in [-0.05, 0) is 26.4 Å². The van der Waals surface area contributed by atoms with Gasteiger partial charge in [0, 0.05) is 26.2 Å². The lowest BCUT2D eigenvalue weighted by atomic mass is 10.0. The van der Waals surface area contributed by atoms with Crippen LogP contribution >= 0.6 is 0 Å². The van der Waals surface area contributed by atoms with Crippen molar-refractivity contribution >= 4 is 11.8 Å². The van der Waals surface area contributed by atoms with Crippen molar-refractivity contribution in [2.45, 2.75) is 26.3 Å². The van der Waals surface area contributed by atoms with Crippen LogP contribution in [0.4, 0.5) is 0 Å². The molecule has 20 heavy (non-hydrogen) atoms. The first-order chi connectivity index (χ1) is 9.31. The van der Waals surface area contributed by atoms with Crippen molar-refractivity contribution in [2.75, 3.05) is 46.8 Å². The van der Waals surface area contributed by atoms with E-state index in [2.05, 4.69) is 13.8 Å². The maximum absolute atomic E-state index is 12.2. The number of hydrogen-bond acceptors (Lipinski definition) is 4. The molecule has 1 heterocycles. The van der Waals surface area contributed by atoms with E-state index in [0.717, 1.165) is 0 Å². The number of nitrogens with zero attached hydrogens (tertiary/aromatic N) is 3. The van der Waals surface area contributed by atoms with Crippen molar-refractivity contribution in [3.05, 3.63) is 0 Å². The van der Waals surface area contributed by atoms with Gasteiger partial charge >= 0.3 is 0 Å². The highest BCUT2D eigenvalue weighted by Gasteiger charge is 2.27. The third kappa shape index (κ3) is 5.09. The fourth-order valence-electron chi connectivity index (χ4n) is 2.39. The average Bonchev–Trinajstić information content (AvgIpc) is 2.36. The molecule has 0 radical (unpaired) electrons. The Morgan fingerprint density at radius 3 is 2.05 bits per heavy atom. The summed E-state index contributed by atoms with van der Waals surface area (Å²) >= 11 is 0. The molecule has 2 N–H and O–H groups in total. The van der Waals surface area contributed by atoms with E-state index in [-0.39, 0.29) is 11.8 Å². The molecule has 0 aromatic rings. The molecule has 6 heteroatoms. The maximum Gasteiger partial charge on any atom is 0.239 e. The van der Waals surface area contributed by atoms with Crippen molar-refractivity contribution in [1.82, 2.24) is 14.7 Å². The summed E-state index contributed by atoms with van der Waals surface area (Å²) in [6.07, 6.45) is 0.707. The molecule has 1 aliphatic heterocycles. The van der Waals surface area contributed by atoms with Crippen LogP contribution in [-0.2, 0) is 9.59 Å². The van der Waals surface area contributed by atoms with E-state index in [0.29, 0.717) is 45.1 Å². The quantitative estimate of drug-likeness (QED) is 0.745. The number of nitrogens with two attached hydrogens (primary N) is 1. The summed E-state index contributed by atoms with van der Waals surface area (Å²) in [4.78, 5) is 29.6. The zero-order valence-corrected chi connectivity index (χ0v) is 13.1. The molecular formula is C14H28N4O2. The van der Waals surface area contributed by atoms with Crippen molar-refractivity contribution in [3.63, 3.8) is 0 Å². The third-order valence-corrected chi connectivity index (χ3v) is 3.44. The van der Waals surface area contributed by atoms with Crippen molar-refractivity contribution in [2.24, 2.45) is 11.7 Å². The highest BCUT2D eigenvalue weighted by molar-refractivity contribution is 5.82. The topological polar surface area (TPSA) is 69.9 Å². The van der Waals surface area contributed by atoms with Crippen molar-refractivity contribution in [1.29, 1.82) is 0 Å². The van der Waals surface area contributed by atoms with Gasteiger partial charge in [0.25, 0.3) is 0 Å². The minimum atomic E-state index is -0.418. The van der Waals surface area contributed by atoms with E-state index in [1.807, 2.05) is 23.9 Å². The molecule has 0 saturated carbocycles. The number of likely N-dealkylation sites (N-methyl/N-ethyl adjacent to an activating group) is 1. The smallest absolute Gasteiger partial charge is 0.239 e. The van der Waals surface area contributed by atoms with Crippen LogP contribution < -0.4 is 5.73 Å². The lowest BCUT2D eigenvalue weighted by Crippen LogP contribution is -2.55. The van der Waals surface area contributed by atoms with Crippen LogP contribution in [0.5, 0.6) is 0 Å². The van der Waals surface area contributed by atoms with Gasteiger partial charge in [0.2, 0.25) is 11.8 Å². The van der Waals surface area contributed by atoms with Gasteiger partial charge in [0.15, 0.2) is 0 Å². The molecule has 0 aromatic heterocycles. The number of amides is 2. The first kappa shape index (κ1) is 16.9. The molecule has 1 saturated heterocycles. The molecule has 1 rings (SSSR count). The average molecular weight is 284 g/mol. The Morgan fingerprint density at radius 1 is 1.10 bits per heavy atom. The molecule has 116 valence electrons. The van der Waals surface area contributed by atoms with Crippen LogP contribution in [0, 0.1) is 5.92 Å². The Labute approximate surface area is 121 Å². The van der Waals surface area contributed by atoms with Gasteiger partial charge in [-0.1, -0.05) is 13.8 Å². The molecule has 1 atom stereocenters. The third-order valence-electron chi connectivity index (χ3n) is 3.44. The molecule has 1 fully saturated rings. The normalized spacial score (nSPS) is 17.8. The number of carbonyl (C=O) groups excluding carboxylic acids is 2. The summed E-state index contributed by atoms with van der Waals surface area (Å²) in [5, 5.41) is 0. The van der Waals surface area contributed by atoms with Gasteiger partial charge in [0.05, 0.1) is 12.6 Å². The summed E-state index contributed by atoms with van der Waals surface area (Å²) in [6.45, 7) is 6.92. The monoisotopic (exact) mass is 284 g/mol. The Hall–Kier alpha value is -1.14. The number of piperazine rings is 1. The molecule has 1 unspecified atom stereocenters. The molecule has 6 nitrogen and oxygen atoms in total. The first-order valence-corrected chi connectivity index (χ1v) is 7.28. The van der Waals surface area contributed by atoms with Gasteiger partial charge in [-0.25, -0.2) is 0 Å². The molecule has 0 aliphatic carbocycles. The fourth-order valence-corrected chi connectivity index (χ4v) is 2.39. The lowest BCUT2D eigenvalue weighted by Gasteiger charge is -2.36. The van der Waals surface area contributed by atoms with E-state index in [1.54, 1.807) is 4.90 Å². The van der Waals surface area contributed by atoms with Gasteiger partial charge in [-0.15, -0.1) is 0 Å². The van der Waals surface area contributed by atoms with Crippen LogP contribution in [-0.4, -0.2) is 79.4 Å². The zero-order valence-electron chi connectivity index (χ0n) is 13.1. The van der Waals surface area contributed by atoms with E-state index >= 15 is 0 Å². The number of hydrogen-bond donors (Lipinski definition) is 1. The summed E-state index contributed by atoms with van der Waals surface area (Å²) < 4.78 is 0. The van der Waals surface area contributed by atoms with Crippen molar-refractivity contribution in [3.8, 4) is 0 Å². The summed E-state index contributed by atoms with van der Waals surface area (Å²) in [5.41, 5.74) is 5.93. The Balaban J connectivity index is 2.41. The van der Waals surface area contributed by atoms with Gasteiger partial charge in [-0.2, -0.15) is 0 Å². The van der Waals surface area contributed by atoms with Gasteiger partial charge in [-0.3, -0.25) is 9.59 Å².